The van der Waals surface area contributed by atoms with Crippen molar-refractivity contribution in [3.05, 3.63) is 23.3 Å². The van der Waals surface area contributed by atoms with Crippen LogP contribution in [-0.2, 0) is 14.3 Å². The van der Waals surface area contributed by atoms with Gasteiger partial charge in [-0.25, -0.2) is 4.79 Å². The Balaban J connectivity index is 1.44. The molecule has 3 fully saturated rings. The van der Waals surface area contributed by atoms with E-state index >= 15 is 0 Å². The van der Waals surface area contributed by atoms with Crippen molar-refractivity contribution in [2.75, 3.05) is 13.2 Å². The van der Waals surface area contributed by atoms with Crippen molar-refractivity contribution in [3.63, 3.8) is 0 Å². The molecule has 0 saturated heterocycles. The zero-order chi connectivity index (χ0) is 25.3. The number of rotatable bonds is 4. The molecule has 0 spiro atoms. The number of ketones is 1. The molecule has 194 valence electrons. The van der Waals surface area contributed by atoms with Crippen LogP contribution in [0.2, 0.25) is 0 Å². The van der Waals surface area contributed by atoms with Gasteiger partial charge >= 0.3 is 5.97 Å². The molecule has 7 heteroatoms. The minimum atomic E-state index is -1.43. The fraction of sp³-hybridized carbons (Fsp3) is 0.786. The second-order valence-corrected chi connectivity index (χ2v) is 12.4. The highest BCUT2D eigenvalue weighted by molar-refractivity contribution is 5.97. The van der Waals surface area contributed by atoms with E-state index in [4.69, 9.17) is 4.74 Å². The first kappa shape index (κ1) is 25.1. The van der Waals surface area contributed by atoms with Crippen LogP contribution in [0.4, 0.5) is 0 Å². The largest absolute Gasteiger partial charge is 0.458 e. The van der Waals surface area contributed by atoms with E-state index in [1.54, 1.807) is 12.2 Å². The average Bonchev–Trinajstić information content (AvgIpc) is 3.15. The maximum absolute atomic E-state index is 13.2. The first-order valence-electron chi connectivity index (χ1n) is 13.3. The molecular weight excluding hydrogens is 448 g/mol. The van der Waals surface area contributed by atoms with Gasteiger partial charge in [0, 0.05) is 18.9 Å². The minimum Gasteiger partial charge on any atom is -0.458 e. The highest BCUT2D eigenvalue weighted by Gasteiger charge is 2.69. The van der Waals surface area contributed by atoms with Gasteiger partial charge in [0.25, 0.3) is 0 Å². The molecular formula is C28H40O7. The number of ether oxygens (including phenoxy) is 1. The standard InChI is InChI=1S/C28H40O7/c1-15-11-22(35-25(33)17(15)13-29)18(14-30)20-7-6-19-16-12-24(32)28(34)9-4-5-23(31)27(28,3)21(16)8-10-26(19,20)2/h4-5,16,18-22,24,29-30,32,34H,6-14H2,1-3H3/t16?,18-,19?,20+,21?,22+,24+,26-,27-,28-/m0/s1. The Labute approximate surface area is 207 Å². The lowest BCUT2D eigenvalue weighted by Gasteiger charge is -2.63. The number of esters is 1. The monoisotopic (exact) mass is 488 g/mol. The molecule has 1 heterocycles. The van der Waals surface area contributed by atoms with E-state index in [0.29, 0.717) is 24.8 Å². The third-order valence-electron chi connectivity index (χ3n) is 11.3. The quantitative estimate of drug-likeness (QED) is 0.448. The van der Waals surface area contributed by atoms with E-state index in [9.17, 15) is 30.0 Å². The summed E-state index contributed by atoms with van der Waals surface area (Å²) in [5.41, 5.74) is -1.40. The highest BCUT2D eigenvalue weighted by Crippen LogP contribution is 2.68. The number of aliphatic hydroxyl groups excluding tert-OH is 3. The average molecular weight is 489 g/mol. The Hall–Kier alpha value is -1.54. The molecule has 5 rings (SSSR count). The topological polar surface area (TPSA) is 124 Å². The summed E-state index contributed by atoms with van der Waals surface area (Å²) in [6, 6.07) is 0. The lowest BCUT2D eigenvalue weighted by Crippen LogP contribution is -2.69. The summed E-state index contributed by atoms with van der Waals surface area (Å²) in [7, 11) is 0. The molecule has 0 aromatic rings. The van der Waals surface area contributed by atoms with Crippen LogP contribution in [0.25, 0.3) is 0 Å². The molecule has 0 radical (unpaired) electrons. The van der Waals surface area contributed by atoms with Gasteiger partial charge < -0.3 is 25.2 Å². The van der Waals surface area contributed by atoms with Crippen molar-refractivity contribution in [1.29, 1.82) is 0 Å². The highest BCUT2D eigenvalue weighted by atomic mass is 16.5. The first-order chi connectivity index (χ1) is 16.5. The number of carbonyl (C=O) groups excluding carboxylic acids is 2. The van der Waals surface area contributed by atoms with Crippen LogP contribution in [0.3, 0.4) is 0 Å². The molecule has 3 unspecified atom stereocenters. The molecule has 0 aromatic heterocycles. The molecule has 10 atom stereocenters. The van der Waals surface area contributed by atoms with Crippen LogP contribution in [0.1, 0.15) is 65.7 Å². The van der Waals surface area contributed by atoms with Crippen LogP contribution in [0.5, 0.6) is 0 Å². The molecule has 0 amide bonds. The summed E-state index contributed by atoms with van der Waals surface area (Å²) in [6.45, 7) is 5.57. The molecule has 1 aliphatic heterocycles. The van der Waals surface area contributed by atoms with Gasteiger partial charge in [-0.2, -0.15) is 0 Å². The Morgan fingerprint density at radius 1 is 1.14 bits per heavy atom. The predicted octanol–water partition coefficient (Wildman–Crippen LogP) is 2.31. The van der Waals surface area contributed by atoms with E-state index < -0.39 is 29.2 Å². The Kier molecular flexibility index (Phi) is 6.11. The number of allylic oxidation sites excluding steroid dienone is 1. The second-order valence-electron chi connectivity index (χ2n) is 12.4. The summed E-state index contributed by atoms with van der Waals surface area (Å²) in [4.78, 5) is 25.7. The number of hydrogen-bond donors (Lipinski definition) is 4. The zero-order valence-corrected chi connectivity index (χ0v) is 21.1. The van der Waals surface area contributed by atoms with Crippen molar-refractivity contribution < 1.29 is 34.8 Å². The number of carbonyl (C=O) groups is 2. The number of hydrogen-bond acceptors (Lipinski definition) is 7. The van der Waals surface area contributed by atoms with Crippen molar-refractivity contribution in [2.45, 2.75) is 83.5 Å². The zero-order valence-electron chi connectivity index (χ0n) is 21.1. The fourth-order valence-corrected chi connectivity index (χ4v) is 9.25. The first-order valence-corrected chi connectivity index (χ1v) is 13.3. The molecule has 4 aliphatic carbocycles. The minimum absolute atomic E-state index is 0.00236. The fourth-order valence-electron chi connectivity index (χ4n) is 9.25. The Morgan fingerprint density at radius 3 is 2.54 bits per heavy atom. The van der Waals surface area contributed by atoms with Gasteiger partial charge in [-0.1, -0.05) is 18.6 Å². The number of aliphatic hydroxyl groups is 4. The lowest BCUT2D eigenvalue weighted by molar-refractivity contribution is -0.232. The van der Waals surface area contributed by atoms with Gasteiger partial charge in [-0.3, -0.25) is 4.79 Å². The van der Waals surface area contributed by atoms with Gasteiger partial charge in [0.1, 0.15) is 11.7 Å². The van der Waals surface area contributed by atoms with E-state index in [-0.39, 0.29) is 54.0 Å². The maximum Gasteiger partial charge on any atom is 0.336 e. The molecule has 3 saturated carbocycles. The maximum atomic E-state index is 13.2. The summed E-state index contributed by atoms with van der Waals surface area (Å²) in [5.74, 6) is -0.252. The Bertz CT molecular complexity index is 970. The molecule has 5 aliphatic rings. The van der Waals surface area contributed by atoms with Gasteiger partial charge in [-0.05, 0) is 87.5 Å². The molecule has 4 N–H and O–H groups in total. The van der Waals surface area contributed by atoms with E-state index in [2.05, 4.69) is 6.92 Å². The summed E-state index contributed by atoms with van der Waals surface area (Å²) in [5, 5.41) is 42.7. The number of cyclic esters (lactones) is 1. The summed E-state index contributed by atoms with van der Waals surface area (Å²) in [6.07, 6.45) is 6.68. The normalized spacial score (nSPS) is 48.2. The van der Waals surface area contributed by atoms with Gasteiger partial charge in [-0.15, -0.1) is 0 Å². The third-order valence-corrected chi connectivity index (χ3v) is 11.3. The van der Waals surface area contributed by atoms with Gasteiger partial charge in [0.05, 0.1) is 23.7 Å². The SMILES string of the molecule is CC1=C(CO)C(=O)O[C@@H]([C@@H](CO)[C@H]2CCC3C4C[C@@H](O)[C@@]5(O)CC=CC(=O)[C@]5(C)C4CC[C@@]32C)C1. The summed E-state index contributed by atoms with van der Waals surface area (Å²) >= 11 is 0. The van der Waals surface area contributed by atoms with Crippen molar-refractivity contribution in [1.82, 2.24) is 0 Å². The molecule has 7 nitrogen and oxygen atoms in total. The van der Waals surface area contributed by atoms with Gasteiger partial charge in [0.2, 0.25) is 0 Å². The second kappa shape index (κ2) is 8.51. The third kappa shape index (κ3) is 3.30. The van der Waals surface area contributed by atoms with E-state index in [1.165, 1.54) is 0 Å². The van der Waals surface area contributed by atoms with Crippen LogP contribution in [0.15, 0.2) is 23.3 Å². The van der Waals surface area contributed by atoms with Gasteiger partial charge in [0.15, 0.2) is 5.78 Å². The molecule has 35 heavy (non-hydrogen) atoms. The van der Waals surface area contributed by atoms with E-state index in [1.807, 2.05) is 13.8 Å². The number of fused-ring (bicyclic) bond motifs is 5. The van der Waals surface area contributed by atoms with Crippen molar-refractivity contribution in [3.8, 4) is 0 Å². The van der Waals surface area contributed by atoms with Crippen LogP contribution < -0.4 is 0 Å². The lowest BCUT2D eigenvalue weighted by atomic mass is 9.43. The van der Waals surface area contributed by atoms with Crippen LogP contribution in [0, 0.1) is 40.4 Å². The Morgan fingerprint density at radius 2 is 1.89 bits per heavy atom. The molecule has 0 bridgehead atoms. The van der Waals surface area contributed by atoms with Crippen molar-refractivity contribution >= 4 is 11.8 Å². The summed E-state index contributed by atoms with van der Waals surface area (Å²) < 4.78 is 5.75. The smallest absolute Gasteiger partial charge is 0.336 e. The van der Waals surface area contributed by atoms with Crippen LogP contribution >= 0.6 is 0 Å². The predicted molar refractivity (Wildman–Crippen MR) is 128 cm³/mol. The van der Waals surface area contributed by atoms with Crippen LogP contribution in [-0.4, -0.2) is 63.2 Å². The van der Waals surface area contributed by atoms with E-state index in [0.717, 1.165) is 31.3 Å². The molecule has 0 aromatic carbocycles. The van der Waals surface area contributed by atoms with Crippen molar-refractivity contribution in [2.24, 2.45) is 40.4 Å².